The van der Waals surface area contributed by atoms with Gasteiger partial charge in [0, 0.05) is 23.9 Å². The van der Waals surface area contributed by atoms with E-state index in [1.165, 1.54) is 0 Å². The Morgan fingerprint density at radius 1 is 1.15 bits per heavy atom. The molecule has 142 valence electrons. The van der Waals surface area contributed by atoms with E-state index >= 15 is 0 Å². The van der Waals surface area contributed by atoms with Crippen LogP contribution in [-0.2, 0) is 17.0 Å². The predicted octanol–water partition coefficient (Wildman–Crippen LogP) is 5.16. The highest BCUT2D eigenvalue weighted by Gasteiger charge is 2.12. The van der Waals surface area contributed by atoms with E-state index in [-0.39, 0.29) is 11.7 Å². The van der Waals surface area contributed by atoms with E-state index in [9.17, 15) is 4.79 Å². The summed E-state index contributed by atoms with van der Waals surface area (Å²) in [5.41, 5.74) is 1.88. The molecule has 3 rings (SSSR count). The predicted molar refractivity (Wildman–Crippen MR) is 113 cm³/mol. The van der Waals surface area contributed by atoms with Gasteiger partial charge in [-0.3, -0.25) is 9.36 Å². The first kappa shape index (κ1) is 19.9. The molecule has 3 aromatic rings. The minimum absolute atomic E-state index is 0.00348. The third-order valence-electron chi connectivity index (χ3n) is 4.09. The van der Waals surface area contributed by atoms with Crippen molar-refractivity contribution in [3.63, 3.8) is 0 Å². The van der Waals surface area contributed by atoms with Crippen LogP contribution in [0, 0.1) is 0 Å². The van der Waals surface area contributed by atoms with Crippen LogP contribution in [0.25, 0.3) is 10.9 Å². The number of benzene rings is 2. The summed E-state index contributed by atoms with van der Waals surface area (Å²) in [4.78, 5) is 17.7. The second-order valence-electron chi connectivity index (χ2n) is 6.56. The molecule has 0 aliphatic rings. The van der Waals surface area contributed by atoms with Gasteiger partial charge in [0.2, 0.25) is 0 Å². The molecule has 4 nitrogen and oxygen atoms in total. The van der Waals surface area contributed by atoms with Gasteiger partial charge in [-0.15, -0.1) is 0 Å². The van der Waals surface area contributed by atoms with Gasteiger partial charge >= 0.3 is 0 Å². The Morgan fingerprint density at radius 3 is 2.63 bits per heavy atom. The van der Waals surface area contributed by atoms with Crippen LogP contribution in [0.2, 0.25) is 5.02 Å². The van der Waals surface area contributed by atoms with Gasteiger partial charge in [-0.05, 0) is 50.1 Å². The molecule has 0 fully saturated rings. The molecule has 0 spiro atoms. The fraction of sp³-hybridized carbons (Fsp3) is 0.333. The number of aromatic nitrogens is 2. The minimum atomic E-state index is 0.00348. The number of rotatable bonds is 8. The number of halogens is 1. The van der Waals surface area contributed by atoms with Crippen LogP contribution in [0.5, 0.6) is 0 Å². The van der Waals surface area contributed by atoms with Crippen molar-refractivity contribution in [2.75, 3.05) is 6.61 Å². The fourth-order valence-electron chi connectivity index (χ4n) is 2.73. The Hall–Kier alpha value is -1.82. The van der Waals surface area contributed by atoms with Crippen molar-refractivity contribution in [3.05, 3.63) is 69.5 Å². The largest absolute Gasteiger partial charge is 0.379 e. The van der Waals surface area contributed by atoms with Crippen molar-refractivity contribution in [3.8, 4) is 0 Å². The number of ether oxygens (including phenoxy) is 1. The Bertz CT molecular complexity index is 955. The lowest BCUT2D eigenvalue weighted by atomic mass is 10.2. The lowest BCUT2D eigenvalue weighted by Crippen LogP contribution is -2.24. The van der Waals surface area contributed by atoms with Crippen molar-refractivity contribution in [1.29, 1.82) is 0 Å². The molecule has 0 aliphatic heterocycles. The van der Waals surface area contributed by atoms with Crippen LogP contribution in [0.4, 0.5) is 0 Å². The molecule has 0 saturated carbocycles. The average Bonchev–Trinajstić information content (AvgIpc) is 2.66. The zero-order valence-corrected chi connectivity index (χ0v) is 17.1. The number of para-hydroxylation sites is 1. The van der Waals surface area contributed by atoms with Crippen LogP contribution >= 0.6 is 23.4 Å². The third-order valence-corrected chi connectivity index (χ3v) is 5.38. The average molecular weight is 403 g/mol. The van der Waals surface area contributed by atoms with Gasteiger partial charge in [0.1, 0.15) is 0 Å². The molecule has 2 aromatic carbocycles. The van der Waals surface area contributed by atoms with Crippen molar-refractivity contribution in [2.24, 2.45) is 0 Å². The zero-order chi connectivity index (χ0) is 19.2. The Kier molecular flexibility index (Phi) is 6.94. The van der Waals surface area contributed by atoms with Gasteiger partial charge in [0.05, 0.1) is 17.0 Å². The first-order chi connectivity index (χ1) is 13.0. The van der Waals surface area contributed by atoms with Crippen molar-refractivity contribution in [2.45, 2.75) is 43.8 Å². The summed E-state index contributed by atoms with van der Waals surface area (Å²) < 4.78 is 7.39. The summed E-state index contributed by atoms with van der Waals surface area (Å²) in [5.74, 6) is 0.727. The number of nitrogens with zero attached hydrogens (tertiary/aromatic N) is 2. The highest BCUT2D eigenvalue weighted by molar-refractivity contribution is 7.98. The molecule has 1 aromatic heterocycles. The normalized spacial score (nSPS) is 11.4. The molecule has 0 aliphatic carbocycles. The van der Waals surface area contributed by atoms with E-state index in [0.717, 1.165) is 33.4 Å². The molecule has 1 heterocycles. The van der Waals surface area contributed by atoms with Crippen LogP contribution < -0.4 is 5.56 Å². The van der Waals surface area contributed by atoms with Crippen molar-refractivity contribution >= 4 is 34.3 Å². The topological polar surface area (TPSA) is 44.1 Å². The quantitative estimate of drug-likeness (QED) is 0.296. The molecule has 27 heavy (non-hydrogen) atoms. The summed E-state index contributed by atoms with van der Waals surface area (Å²) >= 11 is 7.52. The lowest BCUT2D eigenvalue weighted by Gasteiger charge is -2.14. The van der Waals surface area contributed by atoms with Gasteiger partial charge in [0.25, 0.3) is 5.56 Å². The first-order valence-corrected chi connectivity index (χ1v) is 10.4. The van der Waals surface area contributed by atoms with Gasteiger partial charge < -0.3 is 4.74 Å². The lowest BCUT2D eigenvalue weighted by molar-refractivity contribution is 0.0743. The maximum Gasteiger partial charge on any atom is 0.262 e. The second-order valence-corrected chi connectivity index (χ2v) is 7.94. The molecule has 0 atom stereocenters. The Labute approximate surface area is 168 Å². The van der Waals surface area contributed by atoms with E-state index in [4.69, 9.17) is 21.3 Å². The SMILES string of the molecule is CC(C)OCCCn1c(SCc2ccc(Cl)cc2)nc2ccccc2c1=O. The number of hydrogen-bond acceptors (Lipinski definition) is 4. The molecule has 0 N–H and O–H groups in total. The van der Waals surface area contributed by atoms with Crippen molar-refractivity contribution in [1.82, 2.24) is 9.55 Å². The van der Waals surface area contributed by atoms with E-state index < -0.39 is 0 Å². The highest BCUT2D eigenvalue weighted by atomic mass is 35.5. The standard InChI is InChI=1S/C21H23ClN2O2S/c1-15(2)26-13-5-12-24-20(25)18-6-3-4-7-19(18)23-21(24)27-14-16-8-10-17(22)11-9-16/h3-4,6-11,15H,5,12-14H2,1-2H3. The molecule has 0 bridgehead atoms. The Morgan fingerprint density at radius 2 is 1.89 bits per heavy atom. The summed E-state index contributed by atoms with van der Waals surface area (Å²) in [6.45, 7) is 5.23. The smallest absolute Gasteiger partial charge is 0.262 e. The van der Waals surface area contributed by atoms with Crippen LogP contribution in [0.15, 0.2) is 58.5 Å². The summed E-state index contributed by atoms with van der Waals surface area (Å²) in [7, 11) is 0. The van der Waals surface area contributed by atoms with Gasteiger partial charge in [0.15, 0.2) is 5.16 Å². The van der Waals surface area contributed by atoms with E-state index in [0.29, 0.717) is 18.5 Å². The Balaban J connectivity index is 1.85. The summed E-state index contributed by atoms with van der Waals surface area (Å²) in [6, 6.07) is 15.2. The first-order valence-electron chi connectivity index (χ1n) is 9.03. The van der Waals surface area contributed by atoms with E-state index in [2.05, 4.69) is 0 Å². The molecule has 0 radical (unpaired) electrons. The number of fused-ring (bicyclic) bond motifs is 1. The second kappa shape index (κ2) is 9.40. The van der Waals surface area contributed by atoms with Gasteiger partial charge in [-0.1, -0.05) is 47.6 Å². The van der Waals surface area contributed by atoms with Crippen LogP contribution in [0.1, 0.15) is 25.8 Å². The maximum absolute atomic E-state index is 13.0. The van der Waals surface area contributed by atoms with Crippen molar-refractivity contribution < 1.29 is 4.74 Å². The molecule has 0 unspecified atom stereocenters. The number of hydrogen-bond donors (Lipinski definition) is 0. The molecule has 0 amide bonds. The number of thioether (sulfide) groups is 1. The fourth-order valence-corrected chi connectivity index (χ4v) is 3.83. The minimum Gasteiger partial charge on any atom is -0.379 e. The van der Waals surface area contributed by atoms with E-state index in [1.807, 2.05) is 62.4 Å². The molecule has 0 saturated heterocycles. The zero-order valence-electron chi connectivity index (χ0n) is 15.5. The molecule has 6 heteroatoms. The monoisotopic (exact) mass is 402 g/mol. The van der Waals surface area contributed by atoms with E-state index in [1.54, 1.807) is 16.3 Å². The molecular weight excluding hydrogens is 380 g/mol. The highest BCUT2D eigenvalue weighted by Crippen LogP contribution is 2.23. The van der Waals surface area contributed by atoms with Gasteiger partial charge in [-0.25, -0.2) is 4.98 Å². The van der Waals surface area contributed by atoms with Crippen LogP contribution in [-0.4, -0.2) is 22.3 Å². The molecular formula is C21H23ClN2O2S. The summed E-state index contributed by atoms with van der Waals surface area (Å²) in [5, 5.41) is 2.10. The van der Waals surface area contributed by atoms with Gasteiger partial charge in [-0.2, -0.15) is 0 Å². The summed E-state index contributed by atoms with van der Waals surface area (Å²) in [6.07, 6.45) is 0.960. The van der Waals surface area contributed by atoms with Crippen LogP contribution in [0.3, 0.4) is 0 Å². The third kappa shape index (κ3) is 5.34. The maximum atomic E-state index is 13.0.